The Morgan fingerprint density at radius 3 is 2.47 bits per heavy atom. The van der Waals surface area contributed by atoms with Gasteiger partial charge in [0, 0.05) is 12.6 Å². The van der Waals surface area contributed by atoms with Crippen LogP contribution in [-0.4, -0.2) is 57.3 Å². The second kappa shape index (κ2) is 7.02. The fourth-order valence-electron chi connectivity index (χ4n) is 3.05. The lowest BCUT2D eigenvalue weighted by molar-refractivity contribution is 0.215. The van der Waals surface area contributed by atoms with Gasteiger partial charge in [-0.15, -0.1) is 0 Å². The molecule has 1 unspecified atom stereocenters. The highest BCUT2D eigenvalue weighted by molar-refractivity contribution is 7.90. The van der Waals surface area contributed by atoms with Crippen molar-refractivity contribution in [1.29, 1.82) is 0 Å². The Labute approximate surface area is 117 Å². The Morgan fingerprint density at radius 1 is 1.21 bits per heavy atom. The predicted molar refractivity (Wildman–Crippen MR) is 77.7 cm³/mol. The summed E-state index contributed by atoms with van der Waals surface area (Å²) in [4.78, 5) is 2.37. The first-order valence-electron chi connectivity index (χ1n) is 7.52. The van der Waals surface area contributed by atoms with E-state index < -0.39 is 10.0 Å². The summed E-state index contributed by atoms with van der Waals surface area (Å²) >= 11 is 0. The zero-order valence-corrected chi connectivity index (χ0v) is 12.7. The summed E-state index contributed by atoms with van der Waals surface area (Å²) in [7, 11) is -3.15. The number of nitrogens with zero attached hydrogens (tertiary/aromatic N) is 1. The first-order valence-corrected chi connectivity index (χ1v) is 9.07. The van der Waals surface area contributed by atoms with Gasteiger partial charge in [0.2, 0.25) is 10.0 Å². The maximum absolute atomic E-state index is 12.3. The Hall–Kier alpha value is -0.170. The van der Waals surface area contributed by atoms with Gasteiger partial charge >= 0.3 is 0 Å². The van der Waals surface area contributed by atoms with E-state index in [2.05, 4.69) is 14.9 Å². The topological polar surface area (TPSA) is 61.4 Å². The molecule has 0 aromatic carbocycles. The summed E-state index contributed by atoms with van der Waals surface area (Å²) in [6.07, 6.45) is 5.25. The number of hydrogen-bond donors (Lipinski definition) is 2. The molecule has 2 aliphatic rings. The maximum Gasteiger partial charge on any atom is 0.214 e. The van der Waals surface area contributed by atoms with Crippen molar-refractivity contribution < 1.29 is 8.42 Å². The van der Waals surface area contributed by atoms with Gasteiger partial charge in [-0.25, -0.2) is 13.1 Å². The molecule has 6 heteroatoms. The molecule has 19 heavy (non-hydrogen) atoms. The molecule has 2 rings (SSSR count). The van der Waals surface area contributed by atoms with Crippen molar-refractivity contribution in [3.63, 3.8) is 0 Å². The number of rotatable bonds is 5. The summed E-state index contributed by atoms with van der Waals surface area (Å²) in [5.74, 6) is 0. The lowest BCUT2D eigenvalue weighted by Crippen LogP contribution is -2.48. The highest BCUT2D eigenvalue weighted by Crippen LogP contribution is 2.13. The molecular weight excluding hydrogens is 262 g/mol. The summed E-state index contributed by atoms with van der Waals surface area (Å²) in [5, 5.41) is 2.99. The molecule has 2 N–H and O–H groups in total. The number of likely N-dealkylation sites (tertiary alicyclic amines) is 1. The maximum atomic E-state index is 12.3. The Morgan fingerprint density at radius 2 is 1.84 bits per heavy atom. The molecule has 112 valence electrons. The molecular formula is C13H27N3O2S. The molecule has 2 saturated heterocycles. The van der Waals surface area contributed by atoms with E-state index in [1.165, 1.54) is 19.3 Å². The highest BCUT2D eigenvalue weighted by Gasteiger charge is 2.28. The van der Waals surface area contributed by atoms with E-state index in [4.69, 9.17) is 0 Å². The molecule has 0 aliphatic carbocycles. The van der Waals surface area contributed by atoms with Crippen LogP contribution in [0.4, 0.5) is 0 Å². The SMILES string of the molecule is CC(CN1CCCCC1)NS(=O)(=O)C1CCNCC1. The van der Waals surface area contributed by atoms with Crippen molar-refractivity contribution >= 4 is 10.0 Å². The molecule has 2 fully saturated rings. The molecule has 2 heterocycles. The van der Waals surface area contributed by atoms with Gasteiger partial charge in [0.05, 0.1) is 5.25 Å². The van der Waals surface area contributed by atoms with E-state index in [0.717, 1.165) is 45.6 Å². The van der Waals surface area contributed by atoms with E-state index >= 15 is 0 Å². The van der Waals surface area contributed by atoms with E-state index in [1.54, 1.807) is 0 Å². The van der Waals surface area contributed by atoms with Crippen LogP contribution in [0, 0.1) is 0 Å². The van der Waals surface area contributed by atoms with Crippen molar-refractivity contribution in [2.75, 3.05) is 32.7 Å². The van der Waals surface area contributed by atoms with Gasteiger partial charge in [-0.3, -0.25) is 0 Å². The minimum absolute atomic E-state index is 0.0120. The van der Waals surface area contributed by atoms with Gasteiger partial charge in [-0.2, -0.15) is 0 Å². The van der Waals surface area contributed by atoms with Gasteiger partial charge in [-0.1, -0.05) is 6.42 Å². The first-order chi connectivity index (χ1) is 9.08. The molecule has 0 radical (unpaired) electrons. The summed E-state index contributed by atoms with van der Waals surface area (Å²) in [5.41, 5.74) is 0. The van der Waals surface area contributed by atoms with Gasteiger partial charge in [0.15, 0.2) is 0 Å². The van der Waals surface area contributed by atoms with E-state index in [-0.39, 0.29) is 11.3 Å². The molecule has 5 nitrogen and oxygen atoms in total. The van der Waals surface area contributed by atoms with Crippen molar-refractivity contribution in [2.24, 2.45) is 0 Å². The molecule has 0 bridgehead atoms. The molecule has 2 aliphatic heterocycles. The van der Waals surface area contributed by atoms with E-state index in [1.807, 2.05) is 6.92 Å². The minimum Gasteiger partial charge on any atom is -0.317 e. The Balaban J connectivity index is 1.80. The summed E-state index contributed by atoms with van der Waals surface area (Å²) < 4.78 is 27.4. The van der Waals surface area contributed by atoms with Crippen LogP contribution in [0.1, 0.15) is 39.0 Å². The molecule has 0 aromatic rings. The van der Waals surface area contributed by atoms with Crippen LogP contribution in [0.3, 0.4) is 0 Å². The normalized spacial score (nSPS) is 25.3. The van der Waals surface area contributed by atoms with Crippen LogP contribution in [0.15, 0.2) is 0 Å². The smallest absolute Gasteiger partial charge is 0.214 e. The van der Waals surface area contributed by atoms with Crippen LogP contribution in [0.2, 0.25) is 0 Å². The minimum atomic E-state index is -3.15. The summed E-state index contributed by atoms with van der Waals surface area (Å²) in [6.45, 7) is 6.66. The fourth-order valence-corrected chi connectivity index (χ4v) is 4.73. The van der Waals surface area contributed by atoms with Crippen LogP contribution in [-0.2, 0) is 10.0 Å². The second-order valence-corrected chi connectivity index (χ2v) is 7.87. The number of sulfonamides is 1. The lowest BCUT2D eigenvalue weighted by atomic mass is 10.1. The number of nitrogens with one attached hydrogen (secondary N) is 2. The average Bonchev–Trinajstić information content (AvgIpc) is 2.40. The van der Waals surface area contributed by atoms with Gasteiger partial charge in [0.1, 0.15) is 0 Å². The average molecular weight is 289 g/mol. The van der Waals surface area contributed by atoms with Gasteiger partial charge < -0.3 is 10.2 Å². The molecule has 0 aromatic heterocycles. The van der Waals surface area contributed by atoms with E-state index in [9.17, 15) is 8.42 Å². The van der Waals surface area contributed by atoms with Crippen LogP contribution < -0.4 is 10.0 Å². The zero-order chi connectivity index (χ0) is 13.7. The van der Waals surface area contributed by atoms with Crippen molar-refractivity contribution in [3.8, 4) is 0 Å². The predicted octanol–water partition coefficient (Wildman–Crippen LogP) is 0.532. The standard InChI is InChI=1S/C13H27N3O2S/c1-12(11-16-9-3-2-4-10-16)15-19(17,18)13-5-7-14-8-6-13/h12-15H,2-11H2,1H3. The molecule has 0 saturated carbocycles. The quantitative estimate of drug-likeness (QED) is 0.775. The third kappa shape index (κ3) is 4.70. The Kier molecular flexibility index (Phi) is 5.62. The molecule has 0 spiro atoms. The zero-order valence-electron chi connectivity index (χ0n) is 11.9. The van der Waals surface area contributed by atoms with Gasteiger partial charge in [0.25, 0.3) is 0 Å². The second-order valence-electron chi connectivity index (χ2n) is 5.87. The monoisotopic (exact) mass is 289 g/mol. The third-order valence-corrected chi connectivity index (χ3v) is 6.15. The number of hydrogen-bond acceptors (Lipinski definition) is 4. The van der Waals surface area contributed by atoms with Crippen molar-refractivity contribution in [1.82, 2.24) is 14.9 Å². The lowest BCUT2D eigenvalue weighted by Gasteiger charge is -2.30. The van der Waals surface area contributed by atoms with Crippen LogP contribution >= 0.6 is 0 Å². The van der Waals surface area contributed by atoms with Crippen LogP contribution in [0.5, 0.6) is 0 Å². The third-order valence-electron chi connectivity index (χ3n) is 4.07. The first kappa shape index (κ1) is 15.2. The largest absolute Gasteiger partial charge is 0.317 e. The molecule has 1 atom stereocenters. The van der Waals surface area contributed by atoms with E-state index in [0.29, 0.717) is 0 Å². The van der Waals surface area contributed by atoms with Crippen LogP contribution in [0.25, 0.3) is 0 Å². The fraction of sp³-hybridized carbons (Fsp3) is 1.00. The van der Waals surface area contributed by atoms with Crippen molar-refractivity contribution in [2.45, 2.75) is 50.3 Å². The van der Waals surface area contributed by atoms with Gasteiger partial charge in [-0.05, 0) is 58.8 Å². The van der Waals surface area contributed by atoms with Crippen molar-refractivity contribution in [3.05, 3.63) is 0 Å². The Bertz CT molecular complexity index is 360. The number of piperidine rings is 2. The highest BCUT2D eigenvalue weighted by atomic mass is 32.2. The molecule has 0 amide bonds. The summed E-state index contributed by atoms with van der Waals surface area (Å²) in [6, 6.07) is 0.0120.